The second-order valence-electron chi connectivity index (χ2n) is 5.65. The first-order valence-electron chi connectivity index (χ1n) is 7.67. The number of nitrogens with zero attached hydrogens (tertiary/aromatic N) is 2. The molecular formula is C15H26N4O2. The number of hydrogen-bond donors (Lipinski definition) is 3. The van der Waals surface area contributed by atoms with Gasteiger partial charge in [-0.2, -0.15) is 0 Å². The average Bonchev–Trinajstić information content (AvgIpc) is 2.48. The van der Waals surface area contributed by atoms with Gasteiger partial charge in [0.1, 0.15) is 17.5 Å². The Hall–Kier alpha value is -1.40. The predicted molar refractivity (Wildman–Crippen MR) is 83.8 cm³/mol. The van der Waals surface area contributed by atoms with Crippen molar-refractivity contribution in [3.63, 3.8) is 0 Å². The van der Waals surface area contributed by atoms with E-state index in [1.54, 1.807) is 0 Å². The number of aromatic nitrogens is 2. The summed E-state index contributed by atoms with van der Waals surface area (Å²) in [5, 5.41) is 16.9. The van der Waals surface area contributed by atoms with Crippen molar-refractivity contribution < 1.29 is 9.84 Å². The van der Waals surface area contributed by atoms with E-state index in [-0.39, 0.29) is 0 Å². The van der Waals surface area contributed by atoms with Crippen LogP contribution in [-0.4, -0.2) is 47.5 Å². The highest BCUT2D eigenvalue weighted by molar-refractivity contribution is 5.57. The average molecular weight is 294 g/mol. The third-order valence-electron chi connectivity index (χ3n) is 3.91. The minimum absolute atomic E-state index is 0.489. The summed E-state index contributed by atoms with van der Waals surface area (Å²) < 4.78 is 5.30. The number of anilines is 2. The molecule has 0 radical (unpaired) electrons. The van der Waals surface area contributed by atoms with Gasteiger partial charge in [-0.3, -0.25) is 0 Å². The zero-order valence-corrected chi connectivity index (χ0v) is 13.2. The molecule has 0 bridgehead atoms. The van der Waals surface area contributed by atoms with Crippen molar-refractivity contribution in [2.45, 2.75) is 45.1 Å². The summed E-state index contributed by atoms with van der Waals surface area (Å²) in [6.45, 7) is 5.81. The Kier molecular flexibility index (Phi) is 5.36. The second kappa shape index (κ2) is 7.04. The quantitative estimate of drug-likeness (QED) is 0.741. The van der Waals surface area contributed by atoms with Gasteiger partial charge in [0, 0.05) is 51.6 Å². The SMILES string of the molecule is CCCc1nc(NC)c(C)c(NCC2(O)CCOCC2)n1. The highest BCUT2D eigenvalue weighted by Gasteiger charge is 2.29. The lowest BCUT2D eigenvalue weighted by Gasteiger charge is -2.32. The molecule has 118 valence electrons. The van der Waals surface area contributed by atoms with Gasteiger partial charge >= 0.3 is 0 Å². The van der Waals surface area contributed by atoms with Crippen LogP contribution in [0.1, 0.15) is 37.6 Å². The molecule has 1 saturated heterocycles. The Morgan fingerprint density at radius 1 is 1.24 bits per heavy atom. The summed E-state index contributed by atoms with van der Waals surface area (Å²) in [5.41, 5.74) is 0.272. The molecule has 0 amide bonds. The van der Waals surface area contributed by atoms with Gasteiger partial charge in [-0.05, 0) is 13.3 Å². The van der Waals surface area contributed by atoms with Crippen LogP contribution < -0.4 is 10.6 Å². The van der Waals surface area contributed by atoms with Gasteiger partial charge in [-0.15, -0.1) is 0 Å². The summed E-state index contributed by atoms with van der Waals surface area (Å²) in [6.07, 6.45) is 3.17. The van der Waals surface area contributed by atoms with Crippen LogP contribution >= 0.6 is 0 Å². The minimum Gasteiger partial charge on any atom is -0.388 e. The van der Waals surface area contributed by atoms with Gasteiger partial charge in [-0.1, -0.05) is 6.92 Å². The topological polar surface area (TPSA) is 79.3 Å². The van der Waals surface area contributed by atoms with Crippen LogP contribution in [0.25, 0.3) is 0 Å². The van der Waals surface area contributed by atoms with Crippen LogP contribution in [0.2, 0.25) is 0 Å². The molecule has 2 heterocycles. The summed E-state index contributed by atoms with van der Waals surface area (Å²) in [5.74, 6) is 2.47. The standard InChI is InChI=1S/C15H26N4O2/c1-4-5-12-18-13(16-3)11(2)14(19-12)17-10-15(20)6-8-21-9-7-15/h20H,4-10H2,1-3H3,(H2,16,17,18,19). The molecule has 0 aromatic carbocycles. The molecule has 1 aromatic heterocycles. The van der Waals surface area contributed by atoms with Crippen molar-refractivity contribution in [3.8, 4) is 0 Å². The van der Waals surface area contributed by atoms with Crippen molar-refractivity contribution >= 4 is 11.6 Å². The lowest BCUT2D eigenvalue weighted by Crippen LogP contribution is -2.42. The van der Waals surface area contributed by atoms with Crippen LogP contribution in [0.5, 0.6) is 0 Å². The molecule has 6 heteroatoms. The van der Waals surface area contributed by atoms with Crippen LogP contribution in [-0.2, 0) is 11.2 Å². The molecule has 1 aromatic rings. The Labute approximate surface area is 126 Å². The van der Waals surface area contributed by atoms with E-state index < -0.39 is 5.60 Å². The van der Waals surface area contributed by atoms with Gasteiger partial charge < -0.3 is 20.5 Å². The smallest absolute Gasteiger partial charge is 0.134 e. The number of aryl methyl sites for hydroxylation is 1. The van der Waals surface area contributed by atoms with E-state index in [1.807, 2.05) is 14.0 Å². The van der Waals surface area contributed by atoms with E-state index in [9.17, 15) is 5.11 Å². The first-order chi connectivity index (χ1) is 10.1. The van der Waals surface area contributed by atoms with Crippen molar-refractivity contribution in [2.75, 3.05) is 37.4 Å². The maximum atomic E-state index is 10.5. The molecule has 6 nitrogen and oxygen atoms in total. The largest absolute Gasteiger partial charge is 0.388 e. The maximum Gasteiger partial charge on any atom is 0.134 e. The molecule has 2 rings (SSSR count). The van der Waals surface area contributed by atoms with E-state index in [0.717, 1.165) is 35.9 Å². The van der Waals surface area contributed by atoms with Crippen molar-refractivity contribution in [1.29, 1.82) is 0 Å². The van der Waals surface area contributed by atoms with Crippen LogP contribution in [0, 0.1) is 6.92 Å². The molecule has 1 aliphatic rings. The fourth-order valence-corrected chi connectivity index (χ4v) is 2.49. The van der Waals surface area contributed by atoms with Crippen LogP contribution in [0.4, 0.5) is 11.6 Å². The first-order valence-corrected chi connectivity index (χ1v) is 7.67. The van der Waals surface area contributed by atoms with E-state index >= 15 is 0 Å². The van der Waals surface area contributed by atoms with Gasteiger partial charge in [0.25, 0.3) is 0 Å². The van der Waals surface area contributed by atoms with Gasteiger partial charge in [0.2, 0.25) is 0 Å². The van der Waals surface area contributed by atoms with Gasteiger partial charge in [0.15, 0.2) is 0 Å². The first kappa shape index (κ1) is 16.0. The molecule has 21 heavy (non-hydrogen) atoms. The lowest BCUT2D eigenvalue weighted by atomic mass is 9.94. The highest BCUT2D eigenvalue weighted by atomic mass is 16.5. The van der Waals surface area contributed by atoms with E-state index in [4.69, 9.17) is 4.74 Å². The zero-order valence-electron chi connectivity index (χ0n) is 13.2. The molecule has 0 spiro atoms. The predicted octanol–water partition coefficient (Wildman–Crippen LogP) is 1.73. The normalized spacial score (nSPS) is 17.5. The molecule has 1 fully saturated rings. The number of nitrogens with one attached hydrogen (secondary N) is 2. The molecule has 0 aliphatic carbocycles. The Balaban J connectivity index is 2.12. The summed E-state index contributed by atoms with van der Waals surface area (Å²) >= 11 is 0. The second-order valence-corrected chi connectivity index (χ2v) is 5.65. The zero-order chi connectivity index (χ0) is 15.3. The minimum atomic E-state index is -0.708. The van der Waals surface area contributed by atoms with Crippen molar-refractivity contribution in [1.82, 2.24) is 9.97 Å². The Morgan fingerprint density at radius 2 is 1.90 bits per heavy atom. The van der Waals surface area contributed by atoms with Crippen LogP contribution in [0.15, 0.2) is 0 Å². The van der Waals surface area contributed by atoms with Crippen molar-refractivity contribution in [2.24, 2.45) is 0 Å². The molecule has 0 unspecified atom stereocenters. The molecule has 0 atom stereocenters. The van der Waals surface area contributed by atoms with Gasteiger partial charge in [0.05, 0.1) is 5.60 Å². The molecular weight excluding hydrogens is 268 g/mol. The van der Waals surface area contributed by atoms with Gasteiger partial charge in [-0.25, -0.2) is 9.97 Å². The van der Waals surface area contributed by atoms with Crippen LogP contribution in [0.3, 0.4) is 0 Å². The number of rotatable bonds is 6. The summed E-state index contributed by atoms with van der Waals surface area (Å²) in [6, 6.07) is 0. The Bertz CT molecular complexity index is 473. The highest BCUT2D eigenvalue weighted by Crippen LogP contribution is 2.24. The maximum absolute atomic E-state index is 10.5. The molecule has 0 saturated carbocycles. The molecule has 1 aliphatic heterocycles. The lowest BCUT2D eigenvalue weighted by molar-refractivity contribution is -0.0543. The fourth-order valence-electron chi connectivity index (χ4n) is 2.49. The number of hydrogen-bond acceptors (Lipinski definition) is 6. The third-order valence-corrected chi connectivity index (χ3v) is 3.91. The molecule has 3 N–H and O–H groups in total. The fraction of sp³-hybridized carbons (Fsp3) is 0.733. The summed E-state index contributed by atoms with van der Waals surface area (Å²) in [7, 11) is 1.86. The van der Waals surface area contributed by atoms with E-state index in [2.05, 4.69) is 27.5 Å². The van der Waals surface area contributed by atoms with Crippen molar-refractivity contribution in [3.05, 3.63) is 11.4 Å². The monoisotopic (exact) mass is 294 g/mol. The Morgan fingerprint density at radius 3 is 2.52 bits per heavy atom. The third kappa shape index (κ3) is 4.04. The number of aliphatic hydroxyl groups is 1. The summed E-state index contributed by atoms with van der Waals surface area (Å²) in [4.78, 5) is 9.09. The number of ether oxygens (including phenoxy) is 1. The van der Waals surface area contributed by atoms with E-state index in [0.29, 0.717) is 32.6 Å². The van der Waals surface area contributed by atoms with E-state index in [1.165, 1.54) is 0 Å².